The summed E-state index contributed by atoms with van der Waals surface area (Å²) in [6.07, 6.45) is 3.10. The first-order chi connectivity index (χ1) is 18.0. The van der Waals surface area contributed by atoms with Gasteiger partial charge in [-0.25, -0.2) is 10.7 Å². The maximum Gasteiger partial charge on any atom is 0.280 e. The summed E-state index contributed by atoms with van der Waals surface area (Å²) in [5.74, 6) is 0. The summed E-state index contributed by atoms with van der Waals surface area (Å²) in [6, 6.07) is 18.6. The Bertz CT molecular complexity index is 1300. The number of rotatable bonds is 12. The Hall–Kier alpha value is -4.67. The Morgan fingerprint density at radius 1 is 1.00 bits per heavy atom. The number of hydrogen-bond donors (Lipinski definition) is 4. The summed E-state index contributed by atoms with van der Waals surface area (Å²) in [5.41, 5.74) is 4.71. The number of nitrogens with one attached hydrogen (secondary N) is 1. The lowest BCUT2D eigenvalue weighted by Gasteiger charge is -2.22. The van der Waals surface area contributed by atoms with Gasteiger partial charge in [-0.2, -0.15) is 15.5 Å². The Balaban J connectivity index is 1.73. The summed E-state index contributed by atoms with van der Waals surface area (Å²) in [4.78, 5) is 16.5. The second-order valence-electron chi connectivity index (χ2n) is 7.59. The Kier molecular flexibility index (Phi) is 9.77. The third-order valence-corrected chi connectivity index (χ3v) is 5.21. The molecule has 0 bridgehead atoms. The number of aliphatic hydroxyl groups is 2. The zero-order valence-corrected chi connectivity index (χ0v) is 19.6. The molecule has 0 radical (unpaired) electrons. The van der Waals surface area contributed by atoms with Crippen molar-refractivity contribution in [1.82, 2.24) is 0 Å². The zero-order valence-electron chi connectivity index (χ0n) is 19.6. The van der Waals surface area contributed by atoms with E-state index >= 15 is 0 Å². The molecule has 12 nitrogen and oxygen atoms in total. The molecule has 0 saturated heterocycles. The number of nitro groups is 1. The van der Waals surface area contributed by atoms with Crippen LogP contribution in [0.25, 0.3) is 12.2 Å². The average Bonchev–Trinajstić information content (AvgIpc) is 2.91. The van der Waals surface area contributed by atoms with Gasteiger partial charge in [0.1, 0.15) is 6.07 Å². The van der Waals surface area contributed by atoms with Crippen LogP contribution in [-0.2, 0) is 4.99 Å². The van der Waals surface area contributed by atoms with Crippen LogP contribution in [-0.4, -0.2) is 46.7 Å². The van der Waals surface area contributed by atoms with Gasteiger partial charge in [-0.3, -0.25) is 10.1 Å². The van der Waals surface area contributed by atoms with E-state index in [4.69, 9.17) is 5.26 Å². The molecule has 3 aromatic carbocycles. The maximum atomic E-state index is 11.5. The first-order valence-corrected chi connectivity index (χ1v) is 11.0. The highest BCUT2D eigenvalue weighted by atomic mass is 17.2. The van der Waals surface area contributed by atoms with Crippen LogP contribution in [0.4, 0.5) is 28.4 Å². The third-order valence-electron chi connectivity index (χ3n) is 5.21. The van der Waals surface area contributed by atoms with Crippen molar-refractivity contribution in [1.29, 1.82) is 5.26 Å². The topological polar surface area (TPSA) is 177 Å². The molecule has 4 N–H and O–H groups in total. The van der Waals surface area contributed by atoms with Gasteiger partial charge in [-0.15, -0.1) is 4.99 Å². The minimum absolute atomic E-state index is 0.0210. The second-order valence-corrected chi connectivity index (χ2v) is 7.59. The highest BCUT2D eigenvalue weighted by molar-refractivity contribution is 5.80. The van der Waals surface area contributed by atoms with Crippen molar-refractivity contribution in [2.75, 3.05) is 36.7 Å². The van der Waals surface area contributed by atoms with Gasteiger partial charge < -0.3 is 15.1 Å². The van der Waals surface area contributed by atoms with Crippen LogP contribution in [0.15, 0.2) is 70.9 Å². The fourth-order valence-electron chi connectivity index (χ4n) is 3.46. The van der Waals surface area contributed by atoms with E-state index in [-0.39, 0.29) is 35.7 Å². The van der Waals surface area contributed by atoms with E-state index < -0.39 is 4.92 Å². The SMILES string of the molecule is N#Cc1cc(NOO)cc([N+](=O)[O-])c1C=Cc1ccc(N=Nc2ccc(N(CCO)CCO)cc2)cc1. The number of nitro benzene ring substituents is 1. The van der Waals surface area contributed by atoms with E-state index in [0.717, 1.165) is 17.3 Å². The van der Waals surface area contributed by atoms with Gasteiger partial charge >= 0.3 is 0 Å². The molecule has 0 amide bonds. The van der Waals surface area contributed by atoms with Crippen LogP contribution in [0.3, 0.4) is 0 Å². The maximum absolute atomic E-state index is 11.5. The van der Waals surface area contributed by atoms with Gasteiger partial charge in [0.05, 0.1) is 46.3 Å². The van der Waals surface area contributed by atoms with Crippen LogP contribution in [0.2, 0.25) is 0 Å². The van der Waals surface area contributed by atoms with E-state index in [2.05, 4.69) is 20.7 Å². The van der Waals surface area contributed by atoms with Gasteiger partial charge in [0.25, 0.3) is 5.69 Å². The van der Waals surface area contributed by atoms with Crippen LogP contribution in [0.5, 0.6) is 0 Å². The van der Waals surface area contributed by atoms with Crippen molar-refractivity contribution >= 4 is 40.6 Å². The van der Waals surface area contributed by atoms with Crippen LogP contribution >= 0.6 is 0 Å². The van der Waals surface area contributed by atoms with Gasteiger partial charge in [0.15, 0.2) is 0 Å². The van der Waals surface area contributed by atoms with Gasteiger partial charge in [-0.1, -0.05) is 18.2 Å². The largest absolute Gasteiger partial charge is 0.395 e. The standard InChI is InChI=1S/C25H24N6O6/c26-17-19-15-22(29-37-36)16-25(31(34)35)24(19)10-3-18-1-4-20(5-2-18)27-28-21-6-8-23(9-7-21)30(11-13-32)12-14-33/h1-10,15-16,29,32-33,36H,11-14H2. The number of nitriles is 1. The minimum atomic E-state index is -0.629. The first-order valence-electron chi connectivity index (χ1n) is 11.0. The number of anilines is 2. The number of benzene rings is 3. The number of nitrogens with zero attached hydrogens (tertiary/aromatic N) is 5. The third kappa shape index (κ3) is 7.40. The predicted octanol–water partition coefficient (Wildman–Crippen LogP) is 4.66. The molecule has 3 aromatic rings. The molecule has 0 spiro atoms. The summed E-state index contributed by atoms with van der Waals surface area (Å²) >= 11 is 0. The summed E-state index contributed by atoms with van der Waals surface area (Å²) < 4.78 is 0. The lowest BCUT2D eigenvalue weighted by molar-refractivity contribution is -0.385. The van der Waals surface area contributed by atoms with E-state index in [9.17, 15) is 25.6 Å². The molecule has 190 valence electrons. The quantitative estimate of drug-likeness (QED) is 0.0898. The molecule has 0 atom stereocenters. The fourth-order valence-corrected chi connectivity index (χ4v) is 3.46. The summed E-state index contributed by atoms with van der Waals surface area (Å²) in [6.45, 7) is 0.781. The molecular formula is C25H24N6O6. The molecule has 0 saturated carbocycles. The van der Waals surface area contributed by atoms with E-state index in [1.807, 2.05) is 23.1 Å². The number of aliphatic hydroxyl groups excluding tert-OH is 2. The molecule has 37 heavy (non-hydrogen) atoms. The highest BCUT2D eigenvalue weighted by Gasteiger charge is 2.18. The van der Waals surface area contributed by atoms with Crippen molar-refractivity contribution in [3.8, 4) is 6.07 Å². The molecule has 0 aliphatic carbocycles. The number of hydrogen-bond acceptors (Lipinski definition) is 11. The normalized spacial score (nSPS) is 11.1. The summed E-state index contributed by atoms with van der Waals surface area (Å²) in [5, 5.41) is 56.2. The van der Waals surface area contributed by atoms with Gasteiger partial charge in [0.2, 0.25) is 0 Å². The molecule has 0 heterocycles. The Morgan fingerprint density at radius 2 is 1.59 bits per heavy atom. The molecule has 0 aromatic heterocycles. The molecular weight excluding hydrogens is 480 g/mol. The first kappa shape index (κ1) is 26.9. The zero-order chi connectivity index (χ0) is 26.6. The van der Waals surface area contributed by atoms with Crippen molar-refractivity contribution in [2.24, 2.45) is 10.2 Å². The van der Waals surface area contributed by atoms with Crippen LogP contribution in [0.1, 0.15) is 16.7 Å². The van der Waals surface area contributed by atoms with Crippen molar-refractivity contribution in [3.63, 3.8) is 0 Å². The molecule has 12 heteroatoms. The average molecular weight is 505 g/mol. The smallest absolute Gasteiger partial charge is 0.280 e. The molecule has 0 fully saturated rings. The highest BCUT2D eigenvalue weighted by Crippen LogP contribution is 2.29. The van der Waals surface area contributed by atoms with E-state index in [1.165, 1.54) is 12.1 Å². The van der Waals surface area contributed by atoms with E-state index in [1.54, 1.807) is 42.5 Å². The molecule has 0 aliphatic heterocycles. The Morgan fingerprint density at radius 3 is 2.11 bits per heavy atom. The van der Waals surface area contributed by atoms with Crippen LogP contribution in [0, 0.1) is 21.4 Å². The van der Waals surface area contributed by atoms with Gasteiger partial charge in [-0.05, 0) is 54.1 Å². The number of azo groups is 1. The monoisotopic (exact) mass is 504 g/mol. The van der Waals surface area contributed by atoms with Gasteiger partial charge in [0, 0.05) is 24.8 Å². The molecule has 0 unspecified atom stereocenters. The van der Waals surface area contributed by atoms with Crippen molar-refractivity contribution in [3.05, 3.63) is 87.5 Å². The van der Waals surface area contributed by atoms with Crippen molar-refractivity contribution < 1.29 is 25.4 Å². The molecule has 0 aliphatic rings. The lowest BCUT2D eigenvalue weighted by Crippen LogP contribution is -2.29. The minimum Gasteiger partial charge on any atom is -0.395 e. The fraction of sp³-hybridized carbons (Fsp3) is 0.160. The second kappa shape index (κ2) is 13.4. The summed E-state index contributed by atoms with van der Waals surface area (Å²) in [7, 11) is 0. The Labute approximate surface area is 212 Å². The molecule has 3 rings (SSSR count). The van der Waals surface area contributed by atoms with Crippen molar-refractivity contribution in [2.45, 2.75) is 0 Å². The van der Waals surface area contributed by atoms with E-state index in [0.29, 0.717) is 24.5 Å². The lowest BCUT2D eigenvalue weighted by atomic mass is 10.0. The predicted molar refractivity (Wildman–Crippen MR) is 138 cm³/mol. The van der Waals surface area contributed by atoms with Crippen LogP contribution < -0.4 is 10.4 Å².